The van der Waals surface area contributed by atoms with Crippen molar-refractivity contribution in [3.05, 3.63) is 65.2 Å². The Kier molecular flexibility index (Phi) is 3.80. The summed E-state index contributed by atoms with van der Waals surface area (Å²) in [5.41, 5.74) is 3.82. The Bertz CT molecular complexity index is 830. The van der Waals surface area contributed by atoms with Gasteiger partial charge in [-0.1, -0.05) is 42.5 Å². The van der Waals surface area contributed by atoms with Gasteiger partial charge in [-0.05, 0) is 35.1 Å². The summed E-state index contributed by atoms with van der Waals surface area (Å²) in [7, 11) is 2.38. The molecular weight excluding hydrogens is 318 g/mol. The molecule has 4 heteroatoms. The first-order chi connectivity index (χ1) is 11.6. The SMILES string of the molecule is CN(C)C(=O)CC1C2c3ccccc3CC2c2ccccc2S1=O. The number of nitrogens with zero attached hydrogens (tertiary/aromatic N) is 1. The molecule has 1 heterocycles. The molecule has 124 valence electrons. The number of hydrogen-bond donors (Lipinski definition) is 0. The van der Waals surface area contributed by atoms with Crippen LogP contribution >= 0.6 is 0 Å². The molecule has 0 spiro atoms. The smallest absolute Gasteiger partial charge is 0.223 e. The molecule has 2 aromatic carbocycles. The first kappa shape index (κ1) is 15.6. The lowest BCUT2D eigenvalue weighted by molar-refractivity contribution is -0.128. The second-order valence-electron chi connectivity index (χ2n) is 6.90. The summed E-state index contributed by atoms with van der Waals surface area (Å²) in [4.78, 5) is 14.9. The molecule has 0 bridgehead atoms. The van der Waals surface area contributed by atoms with Crippen LogP contribution in [0.1, 0.15) is 34.9 Å². The molecule has 2 aromatic rings. The lowest BCUT2D eigenvalue weighted by Crippen LogP contribution is -2.37. The Morgan fingerprint density at radius 3 is 2.50 bits per heavy atom. The third-order valence-corrected chi connectivity index (χ3v) is 7.19. The topological polar surface area (TPSA) is 37.4 Å². The first-order valence-electron chi connectivity index (χ1n) is 8.35. The van der Waals surface area contributed by atoms with E-state index in [-0.39, 0.29) is 17.1 Å². The van der Waals surface area contributed by atoms with Gasteiger partial charge in [0.25, 0.3) is 0 Å². The van der Waals surface area contributed by atoms with Crippen molar-refractivity contribution in [3.63, 3.8) is 0 Å². The van der Waals surface area contributed by atoms with E-state index in [4.69, 9.17) is 0 Å². The van der Waals surface area contributed by atoms with E-state index in [1.54, 1.807) is 19.0 Å². The van der Waals surface area contributed by atoms with Crippen LogP contribution in [0, 0.1) is 0 Å². The largest absolute Gasteiger partial charge is 0.349 e. The molecule has 0 N–H and O–H groups in total. The minimum absolute atomic E-state index is 0.0517. The number of amides is 1. The van der Waals surface area contributed by atoms with Crippen LogP contribution in [-0.4, -0.2) is 34.4 Å². The van der Waals surface area contributed by atoms with Crippen LogP contribution in [-0.2, 0) is 22.0 Å². The van der Waals surface area contributed by atoms with Crippen molar-refractivity contribution in [2.75, 3.05) is 14.1 Å². The van der Waals surface area contributed by atoms with Gasteiger partial charge in [0.15, 0.2) is 0 Å². The van der Waals surface area contributed by atoms with Gasteiger partial charge in [0, 0.05) is 31.3 Å². The quantitative estimate of drug-likeness (QED) is 0.843. The van der Waals surface area contributed by atoms with Gasteiger partial charge < -0.3 is 4.90 Å². The molecule has 1 aliphatic carbocycles. The second-order valence-corrected chi connectivity index (χ2v) is 8.54. The molecule has 2 aliphatic rings. The number of fused-ring (bicyclic) bond motifs is 5. The first-order valence-corrected chi connectivity index (χ1v) is 9.56. The standard InChI is InChI=1S/C20H21NO2S/c1-21(2)19(22)12-18-20-14-8-4-3-7-13(14)11-16(20)15-9-5-6-10-17(15)24(18)23/h3-10,16,18,20H,11-12H2,1-2H3. The number of carbonyl (C=O) groups excluding carboxylic acids is 1. The fourth-order valence-corrected chi connectivity index (χ4v) is 6.10. The van der Waals surface area contributed by atoms with Gasteiger partial charge in [0.05, 0.1) is 16.0 Å². The van der Waals surface area contributed by atoms with E-state index in [9.17, 15) is 9.00 Å². The van der Waals surface area contributed by atoms with Crippen molar-refractivity contribution < 1.29 is 9.00 Å². The van der Waals surface area contributed by atoms with E-state index in [0.29, 0.717) is 12.3 Å². The Labute approximate surface area is 145 Å². The van der Waals surface area contributed by atoms with Gasteiger partial charge in [-0.15, -0.1) is 0 Å². The molecule has 1 aliphatic heterocycles. The minimum atomic E-state index is -1.16. The van der Waals surface area contributed by atoms with E-state index >= 15 is 0 Å². The molecule has 4 rings (SSSR count). The van der Waals surface area contributed by atoms with E-state index in [2.05, 4.69) is 30.3 Å². The van der Waals surface area contributed by atoms with Crippen molar-refractivity contribution in [2.45, 2.75) is 34.8 Å². The maximum absolute atomic E-state index is 13.3. The molecule has 4 unspecified atom stereocenters. The maximum Gasteiger partial charge on any atom is 0.223 e. The zero-order valence-corrected chi connectivity index (χ0v) is 14.8. The lowest BCUT2D eigenvalue weighted by atomic mass is 9.82. The fraction of sp³-hybridized carbons (Fsp3) is 0.350. The maximum atomic E-state index is 13.3. The third kappa shape index (κ3) is 2.32. The highest BCUT2D eigenvalue weighted by molar-refractivity contribution is 7.86. The van der Waals surface area contributed by atoms with Crippen LogP contribution in [0.5, 0.6) is 0 Å². The number of carbonyl (C=O) groups is 1. The van der Waals surface area contributed by atoms with Crippen LogP contribution in [0.15, 0.2) is 53.4 Å². The van der Waals surface area contributed by atoms with Gasteiger partial charge in [-0.25, -0.2) is 0 Å². The van der Waals surface area contributed by atoms with Gasteiger partial charge in [0.2, 0.25) is 5.91 Å². The van der Waals surface area contributed by atoms with Gasteiger partial charge in [0.1, 0.15) is 0 Å². The molecule has 0 fully saturated rings. The van der Waals surface area contributed by atoms with E-state index in [0.717, 1.165) is 11.3 Å². The summed E-state index contributed by atoms with van der Waals surface area (Å²) in [6.07, 6.45) is 1.31. The van der Waals surface area contributed by atoms with E-state index < -0.39 is 10.8 Å². The molecule has 24 heavy (non-hydrogen) atoms. The minimum Gasteiger partial charge on any atom is -0.349 e. The van der Waals surface area contributed by atoms with Crippen LogP contribution in [0.3, 0.4) is 0 Å². The summed E-state index contributed by atoms with van der Waals surface area (Å²) < 4.78 is 13.3. The summed E-state index contributed by atoms with van der Waals surface area (Å²) in [5.74, 6) is 0.549. The number of benzene rings is 2. The van der Waals surface area contributed by atoms with E-state index in [1.807, 2.05) is 18.2 Å². The molecule has 0 saturated carbocycles. The monoisotopic (exact) mass is 339 g/mol. The molecule has 3 nitrogen and oxygen atoms in total. The molecule has 0 saturated heterocycles. The summed E-state index contributed by atoms with van der Waals surface area (Å²) >= 11 is 0. The average molecular weight is 339 g/mol. The number of hydrogen-bond acceptors (Lipinski definition) is 2. The van der Waals surface area contributed by atoms with Crippen molar-refractivity contribution in [3.8, 4) is 0 Å². The Morgan fingerprint density at radius 2 is 1.75 bits per heavy atom. The molecule has 4 atom stereocenters. The molecular formula is C20H21NO2S. The Balaban J connectivity index is 1.84. The zero-order chi connectivity index (χ0) is 16.8. The van der Waals surface area contributed by atoms with Crippen LogP contribution in [0.4, 0.5) is 0 Å². The average Bonchev–Trinajstić information content (AvgIpc) is 2.98. The molecule has 0 aromatic heterocycles. The van der Waals surface area contributed by atoms with Crippen LogP contribution in [0.2, 0.25) is 0 Å². The fourth-order valence-electron chi connectivity index (χ4n) is 4.21. The number of rotatable bonds is 2. The Morgan fingerprint density at radius 1 is 1.08 bits per heavy atom. The highest BCUT2D eigenvalue weighted by atomic mass is 32.2. The summed E-state index contributed by atoms with van der Waals surface area (Å²) in [6, 6.07) is 16.5. The van der Waals surface area contributed by atoms with Crippen molar-refractivity contribution >= 4 is 16.7 Å². The van der Waals surface area contributed by atoms with Crippen molar-refractivity contribution in [1.29, 1.82) is 0 Å². The van der Waals surface area contributed by atoms with Crippen LogP contribution < -0.4 is 0 Å². The molecule has 1 amide bonds. The Hall–Kier alpha value is -1.94. The van der Waals surface area contributed by atoms with Crippen molar-refractivity contribution in [2.24, 2.45) is 0 Å². The van der Waals surface area contributed by atoms with Crippen LogP contribution in [0.25, 0.3) is 0 Å². The lowest BCUT2D eigenvalue weighted by Gasteiger charge is -2.35. The normalized spacial score (nSPS) is 27.1. The summed E-state index contributed by atoms with van der Waals surface area (Å²) in [6.45, 7) is 0. The highest BCUT2D eigenvalue weighted by Gasteiger charge is 2.46. The van der Waals surface area contributed by atoms with Crippen molar-refractivity contribution in [1.82, 2.24) is 4.90 Å². The predicted octanol–water partition coefficient (Wildman–Crippen LogP) is 3.08. The van der Waals surface area contributed by atoms with E-state index in [1.165, 1.54) is 16.7 Å². The second kappa shape index (κ2) is 5.85. The third-order valence-electron chi connectivity index (χ3n) is 5.37. The predicted molar refractivity (Wildman–Crippen MR) is 95.6 cm³/mol. The van der Waals surface area contributed by atoms with Gasteiger partial charge in [-0.3, -0.25) is 9.00 Å². The highest BCUT2D eigenvalue weighted by Crippen LogP contribution is 2.53. The summed E-state index contributed by atoms with van der Waals surface area (Å²) in [5, 5.41) is -0.150. The van der Waals surface area contributed by atoms with Gasteiger partial charge >= 0.3 is 0 Å². The van der Waals surface area contributed by atoms with Gasteiger partial charge in [-0.2, -0.15) is 0 Å². The molecule has 0 radical (unpaired) electrons. The zero-order valence-electron chi connectivity index (χ0n) is 13.9.